The standard InChI is InChI=1S/C18H22FN3S/c1-22(2)15(12-14-8-4-3-5-9-14)13-20-18(23)21-17-11-7-6-10-16(17)19/h3-11,15H,12-13H2,1-2H3,(H2,20,21,23)/t15-/m0/s1. The molecule has 0 saturated carbocycles. The fraction of sp³-hybridized carbons (Fsp3) is 0.278. The van der Waals surface area contributed by atoms with Crippen LogP contribution in [-0.4, -0.2) is 36.7 Å². The minimum atomic E-state index is -0.315. The lowest BCUT2D eigenvalue weighted by Gasteiger charge is -2.25. The van der Waals surface area contributed by atoms with Crippen molar-refractivity contribution in [2.45, 2.75) is 12.5 Å². The summed E-state index contributed by atoms with van der Waals surface area (Å²) in [5.74, 6) is -0.315. The van der Waals surface area contributed by atoms with E-state index in [2.05, 4.69) is 27.7 Å². The van der Waals surface area contributed by atoms with Crippen molar-refractivity contribution in [3.05, 3.63) is 66.0 Å². The van der Waals surface area contributed by atoms with Crippen molar-refractivity contribution in [1.82, 2.24) is 10.2 Å². The molecule has 0 heterocycles. The van der Waals surface area contributed by atoms with Crippen LogP contribution < -0.4 is 10.6 Å². The van der Waals surface area contributed by atoms with Gasteiger partial charge in [0.15, 0.2) is 5.11 Å². The molecule has 0 aliphatic heterocycles. The number of para-hydroxylation sites is 1. The van der Waals surface area contributed by atoms with E-state index < -0.39 is 0 Å². The van der Waals surface area contributed by atoms with Gasteiger partial charge in [0.05, 0.1) is 5.69 Å². The van der Waals surface area contributed by atoms with Crippen molar-refractivity contribution in [3.63, 3.8) is 0 Å². The molecule has 1 atom stereocenters. The summed E-state index contributed by atoms with van der Waals surface area (Å²) in [6, 6.07) is 17.1. The van der Waals surface area contributed by atoms with E-state index in [9.17, 15) is 4.39 Å². The number of nitrogens with one attached hydrogen (secondary N) is 2. The molecule has 5 heteroatoms. The quantitative estimate of drug-likeness (QED) is 0.795. The van der Waals surface area contributed by atoms with Crippen LogP contribution in [0.25, 0.3) is 0 Å². The maximum absolute atomic E-state index is 13.6. The SMILES string of the molecule is CN(C)[C@H](CNC(=S)Nc1ccccc1F)Cc1ccccc1. The minimum absolute atomic E-state index is 0.290. The zero-order chi connectivity index (χ0) is 16.7. The first-order chi connectivity index (χ1) is 11.1. The number of rotatable bonds is 6. The molecule has 0 spiro atoms. The predicted octanol–water partition coefficient (Wildman–Crippen LogP) is 3.29. The summed E-state index contributed by atoms with van der Waals surface area (Å²) in [6.45, 7) is 0.683. The maximum atomic E-state index is 13.6. The molecule has 0 unspecified atom stereocenters. The number of thiocarbonyl (C=S) groups is 1. The van der Waals surface area contributed by atoms with E-state index in [1.165, 1.54) is 11.6 Å². The summed E-state index contributed by atoms with van der Waals surface area (Å²) in [6.07, 6.45) is 0.920. The molecule has 0 bridgehead atoms. The molecule has 2 aromatic rings. The van der Waals surface area contributed by atoms with E-state index in [0.717, 1.165) is 6.42 Å². The van der Waals surface area contributed by atoms with Crippen LogP contribution in [-0.2, 0) is 6.42 Å². The van der Waals surface area contributed by atoms with Crippen LogP contribution in [0.3, 0.4) is 0 Å². The highest BCUT2D eigenvalue weighted by Crippen LogP contribution is 2.12. The summed E-state index contributed by atoms with van der Waals surface area (Å²) in [5.41, 5.74) is 1.66. The fourth-order valence-corrected chi connectivity index (χ4v) is 2.46. The first-order valence-electron chi connectivity index (χ1n) is 7.56. The van der Waals surface area contributed by atoms with Crippen molar-refractivity contribution in [2.24, 2.45) is 0 Å². The summed E-state index contributed by atoms with van der Waals surface area (Å²) in [5, 5.41) is 6.49. The normalized spacial score (nSPS) is 12.0. The van der Waals surface area contributed by atoms with Crippen LogP contribution in [0.2, 0.25) is 0 Å². The number of hydrogen-bond donors (Lipinski definition) is 2. The third kappa shape index (κ3) is 5.62. The molecule has 0 radical (unpaired) electrons. The summed E-state index contributed by atoms with van der Waals surface area (Å²) in [4.78, 5) is 2.16. The largest absolute Gasteiger partial charge is 0.361 e. The van der Waals surface area contributed by atoms with Gasteiger partial charge >= 0.3 is 0 Å². The molecule has 0 aliphatic rings. The number of nitrogens with zero attached hydrogens (tertiary/aromatic N) is 1. The molecule has 0 fully saturated rings. The van der Waals surface area contributed by atoms with Crippen LogP contribution in [0, 0.1) is 5.82 Å². The van der Waals surface area contributed by atoms with Crippen molar-refractivity contribution in [2.75, 3.05) is 26.0 Å². The monoisotopic (exact) mass is 331 g/mol. The Morgan fingerprint density at radius 2 is 1.74 bits per heavy atom. The van der Waals surface area contributed by atoms with Crippen molar-refractivity contribution < 1.29 is 4.39 Å². The van der Waals surface area contributed by atoms with Crippen molar-refractivity contribution in [1.29, 1.82) is 0 Å². The highest BCUT2D eigenvalue weighted by atomic mass is 32.1. The molecule has 2 rings (SSSR count). The smallest absolute Gasteiger partial charge is 0.170 e. The molecule has 2 aromatic carbocycles. The van der Waals surface area contributed by atoms with Gasteiger partial charge in [0.1, 0.15) is 5.82 Å². The molecular weight excluding hydrogens is 309 g/mol. The topological polar surface area (TPSA) is 27.3 Å². The zero-order valence-electron chi connectivity index (χ0n) is 13.4. The average Bonchev–Trinajstić information content (AvgIpc) is 2.54. The Bertz CT molecular complexity index is 631. The van der Waals surface area contributed by atoms with Gasteiger partial charge in [-0.05, 0) is 50.4 Å². The van der Waals surface area contributed by atoms with Crippen molar-refractivity contribution >= 4 is 23.0 Å². The summed E-state index contributed by atoms with van der Waals surface area (Å²) < 4.78 is 13.6. The first kappa shape index (κ1) is 17.4. The molecule has 2 N–H and O–H groups in total. The second-order valence-electron chi connectivity index (χ2n) is 5.62. The molecule has 23 heavy (non-hydrogen) atoms. The van der Waals surface area contributed by atoms with Gasteiger partial charge in [-0.25, -0.2) is 4.39 Å². The Hall–Kier alpha value is -1.98. The molecular formula is C18H22FN3S. The lowest BCUT2D eigenvalue weighted by Crippen LogP contribution is -2.43. The average molecular weight is 331 g/mol. The van der Waals surface area contributed by atoms with Gasteiger partial charge in [0, 0.05) is 12.6 Å². The van der Waals surface area contributed by atoms with Crippen LogP contribution in [0.1, 0.15) is 5.56 Å². The molecule has 0 aliphatic carbocycles. The van der Waals surface area contributed by atoms with Gasteiger partial charge in [-0.1, -0.05) is 42.5 Å². The number of halogens is 1. The Labute approximate surface area is 142 Å². The minimum Gasteiger partial charge on any atom is -0.361 e. The van der Waals surface area contributed by atoms with Crippen LogP contribution in [0.5, 0.6) is 0 Å². The molecule has 0 amide bonds. The van der Waals surface area contributed by atoms with E-state index in [4.69, 9.17) is 12.2 Å². The number of hydrogen-bond acceptors (Lipinski definition) is 2. The number of benzene rings is 2. The maximum Gasteiger partial charge on any atom is 0.170 e. The van der Waals surface area contributed by atoms with Gasteiger partial charge in [-0.15, -0.1) is 0 Å². The Morgan fingerprint density at radius 3 is 2.39 bits per heavy atom. The predicted molar refractivity (Wildman–Crippen MR) is 98.2 cm³/mol. The Kier molecular flexibility index (Phi) is 6.50. The summed E-state index contributed by atoms with van der Waals surface area (Å²) in [7, 11) is 4.09. The van der Waals surface area contributed by atoms with E-state index in [0.29, 0.717) is 17.3 Å². The van der Waals surface area contributed by atoms with Gasteiger partial charge in [-0.3, -0.25) is 0 Å². The molecule has 0 aromatic heterocycles. The zero-order valence-corrected chi connectivity index (χ0v) is 14.2. The van der Waals surface area contributed by atoms with Gasteiger partial charge in [0.25, 0.3) is 0 Å². The van der Waals surface area contributed by atoms with Crippen LogP contribution in [0.15, 0.2) is 54.6 Å². The van der Waals surface area contributed by atoms with Crippen molar-refractivity contribution in [3.8, 4) is 0 Å². The van der Waals surface area contributed by atoms with E-state index >= 15 is 0 Å². The van der Waals surface area contributed by atoms with Gasteiger partial charge < -0.3 is 15.5 Å². The Morgan fingerprint density at radius 1 is 1.09 bits per heavy atom. The third-order valence-corrected chi connectivity index (χ3v) is 3.91. The number of likely N-dealkylation sites (N-methyl/N-ethyl adjacent to an activating group) is 1. The van der Waals surface area contributed by atoms with Crippen LogP contribution >= 0.6 is 12.2 Å². The summed E-state index contributed by atoms with van der Waals surface area (Å²) >= 11 is 5.26. The van der Waals surface area contributed by atoms with Crippen LogP contribution in [0.4, 0.5) is 10.1 Å². The van der Waals surface area contributed by atoms with E-state index in [1.807, 2.05) is 32.3 Å². The molecule has 122 valence electrons. The molecule has 3 nitrogen and oxygen atoms in total. The van der Waals surface area contributed by atoms with Gasteiger partial charge in [0.2, 0.25) is 0 Å². The Balaban J connectivity index is 1.88. The van der Waals surface area contributed by atoms with Gasteiger partial charge in [-0.2, -0.15) is 0 Å². The first-order valence-corrected chi connectivity index (χ1v) is 7.97. The highest BCUT2D eigenvalue weighted by Gasteiger charge is 2.13. The van der Waals surface area contributed by atoms with E-state index in [-0.39, 0.29) is 11.9 Å². The lowest BCUT2D eigenvalue weighted by molar-refractivity contribution is 0.291. The second kappa shape index (κ2) is 8.60. The second-order valence-corrected chi connectivity index (χ2v) is 6.03. The highest BCUT2D eigenvalue weighted by molar-refractivity contribution is 7.80. The molecule has 0 saturated heterocycles. The number of anilines is 1. The van der Waals surface area contributed by atoms with E-state index in [1.54, 1.807) is 18.2 Å². The lowest BCUT2D eigenvalue weighted by atomic mass is 10.1. The fourth-order valence-electron chi connectivity index (χ4n) is 2.26. The third-order valence-electron chi connectivity index (χ3n) is 3.66.